The number of benzene rings is 1. The predicted octanol–water partition coefficient (Wildman–Crippen LogP) is 2.92. The Bertz CT molecular complexity index is 527. The van der Waals surface area contributed by atoms with Gasteiger partial charge in [-0.1, -0.05) is 23.5 Å². The minimum Gasteiger partial charge on any atom is -0.485 e. The van der Waals surface area contributed by atoms with Gasteiger partial charge in [0, 0.05) is 5.39 Å². The van der Waals surface area contributed by atoms with Crippen LogP contribution in [0.2, 0.25) is 0 Å². The van der Waals surface area contributed by atoms with E-state index in [0.29, 0.717) is 15.6 Å². The first kappa shape index (κ1) is 8.97. The molecule has 0 atom stereocenters. The molecule has 2 nitrogen and oxygen atoms in total. The number of thiophene rings is 1. The van der Waals surface area contributed by atoms with Crippen molar-refractivity contribution in [2.24, 2.45) is 0 Å². The van der Waals surface area contributed by atoms with Crippen molar-refractivity contribution >= 4 is 21.4 Å². The predicted molar refractivity (Wildman–Crippen MR) is 53.1 cm³/mol. The maximum absolute atomic E-state index is 13.5. The fourth-order valence-corrected chi connectivity index (χ4v) is 2.25. The van der Waals surface area contributed by atoms with Crippen LogP contribution in [0.25, 0.3) is 10.1 Å². The Balaban J connectivity index is 2.85. The highest BCUT2D eigenvalue weighted by Gasteiger charge is 2.14. The molecule has 14 heavy (non-hydrogen) atoms. The molecule has 0 radical (unpaired) electrons. The molecule has 0 fully saturated rings. The number of hydrogen-bond donors (Lipinski definition) is 0. The number of nitrogens with zero attached hydrogens (tertiary/aromatic N) is 1. The third kappa shape index (κ3) is 1.14. The van der Waals surface area contributed by atoms with Gasteiger partial charge in [-0.3, -0.25) is 0 Å². The van der Waals surface area contributed by atoms with Crippen LogP contribution in [0.15, 0.2) is 18.2 Å². The normalized spacial score (nSPS) is 10.1. The molecule has 1 aromatic carbocycles. The quantitative estimate of drug-likeness (QED) is 0.720. The van der Waals surface area contributed by atoms with E-state index in [1.54, 1.807) is 18.2 Å². The van der Waals surface area contributed by atoms with Gasteiger partial charge >= 0.3 is 0 Å². The van der Waals surface area contributed by atoms with Gasteiger partial charge in [-0.05, 0) is 6.07 Å². The van der Waals surface area contributed by atoms with Gasteiger partial charge in [0.1, 0.15) is 6.07 Å². The number of hydrogen-bond acceptors (Lipinski definition) is 3. The number of nitriles is 1. The molecule has 70 valence electrons. The Morgan fingerprint density at radius 2 is 2.29 bits per heavy atom. The zero-order valence-electron chi connectivity index (χ0n) is 7.37. The standard InChI is InChI=1S/C10H6FNOS/c1-13-10-8(11)7-4-2-3-6(5-12)9(7)14-10/h2-4H,1H3. The molecule has 0 saturated heterocycles. The average molecular weight is 207 g/mol. The molecule has 4 heteroatoms. The van der Waals surface area contributed by atoms with Crippen LogP contribution in [-0.2, 0) is 0 Å². The van der Waals surface area contributed by atoms with E-state index < -0.39 is 0 Å². The summed E-state index contributed by atoms with van der Waals surface area (Å²) in [5.41, 5.74) is 0.481. The monoisotopic (exact) mass is 207 g/mol. The van der Waals surface area contributed by atoms with Crippen LogP contribution < -0.4 is 4.74 Å². The molecule has 2 rings (SSSR count). The maximum atomic E-state index is 13.5. The lowest BCUT2D eigenvalue weighted by Gasteiger charge is -1.90. The first-order valence-electron chi connectivity index (χ1n) is 3.93. The fourth-order valence-electron chi connectivity index (χ4n) is 1.29. The third-order valence-electron chi connectivity index (χ3n) is 1.93. The van der Waals surface area contributed by atoms with E-state index >= 15 is 0 Å². The largest absolute Gasteiger partial charge is 0.485 e. The molecule has 0 saturated carbocycles. The SMILES string of the molecule is COc1sc2c(C#N)cccc2c1F. The highest BCUT2D eigenvalue weighted by molar-refractivity contribution is 7.21. The van der Waals surface area contributed by atoms with Gasteiger partial charge in [0.25, 0.3) is 0 Å². The van der Waals surface area contributed by atoms with Crippen LogP contribution in [0, 0.1) is 17.1 Å². The topological polar surface area (TPSA) is 33.0 Å². The molecule has 0 N–H and O–H groups in total. The summed E-state index contributed by atoms with van der Waals surface area (Å²) in [6, 6.07) is 6.99. The first-order chi connectivity index (χ1) is 6.77. The van der Waals surface area contributed by atoms with Crippen molar-refractivity contribution in [3.63, 3.8) is 0 Å². The van der Waals surface area contributed by atoms with E-state index in [2.05, 4.69) is 0 Å². The van der Waals surface area contributed by atoms with Crippen molar-refractivity contribution in [1.29, 1.82) is 5.26 Å². The zero-order chi connectivity index (χ0) is 10.1. The molecule has 0 bridgehead atoms. The summed E-state index contributed by atoms with van der Waals surface area (Å²) in [6.07, 6.45) is 0. The summed E-state index contributed by atoms with van der Waals surface area (Å²) in [5.74, 6) is -0.385. The third-order valence-corrected chi connectivity index (χ3v) is 3.11. The summed E-state index contributed by atoms with van der Waals surface area (Å²) >= 11 is 1.16. The average Bonchev–Trinajstić information content (AvgIpc) is 2.55. The Morgan fingerprint density at radius 3 is 2.93 bits per heavy atom. The lowest BCUT2D eigenvalue weighted by atomic mass is 10.2. The van der Waals surface area contributed by atoms with E-state index in [1.165, 1.54) is 7.11 Å². The summed E-state index contributed by atoms with van der Waals surface area (Å²) in [5, 5.41) is 9.48. The Hall–Kier alpha value is -1.60. The van der Waals surface area contributed by atoms with Gasteiger partial charge in [0.05, 0.1) is 17.4 Å². The number of rotatable bonds is 1. The molecule has 0 amide bonds. The van der Waals surface area contributed by atoms with E-state index in [0.717, 1.165) is 11.3 Å². The van der Waals surface area contributed by atoms with Gasteiger partial charge in [-0.2, -0.15) is 5.26 Å². The molecular weight excluding hydrogens is 201 g/mol. The molecule has 0 spiro atoms. The van der Waals surface area contributed by atoms with Gasteiger partial charge in [-0.15, -0.1) is 0 Å². The van der Waals surface area contributed by atoms with Crippen molar-refractivity contribution in [2.45, 2.75) is 0 Å². The van der Waals surface area contributed by atoms with Gasteiger partial charge < -0.3 is 4.74 Å². The molecule has 2 aromatic rings. The fraction of sp³-hybridized carbons (Fsp3) is 0.100. The summed E-state index contributed by atoms with van der Waals surface area (Å²) in [4.78, 5) is 0. The van der Waals surface area contributed by atoms with Crippen LogP contribution in [-0.4, -0.2) is 7.11 Å². The van der Waals surface area contributed by atoms with Gasteiger partial charge in [0.2, 0.25) is 5.06 Å². The van der Waals surface area contributed by atoms with Crippen molar-refractivity contribution in [3.8, 4) is 11.1 Å². The second kappa shape index (κ2) is 3.28. The van der Waals surface area contributed by atoms with Crippen LogP contribution in [0.1, 0.15) is 5.56 Å². The second-order valence-corrected chi connectivity index (χ2v) is 3.68. The number of fused-ring (bicyclic) bond motifs is 1. The van der Waals surface area contributed by atoms with Crippen molar-refractivity contribution in [1.82, 2.24) is 0 Å². The van der Waals surface area contributed by atoms with Gasteiger partial charge in [-0.25, -0.2) is 4.39 Å². The number of halogens is 1. The molecular formula is C10H6FNOS. The second-order valence-electron chi connectivity index (χ2n) is 2.70. The molecule has 1 aromatic heterocycles. The zero-order valence-corrected chi connectivity index (χ0v) is 8.19. The molecule has 0 aliphatic carbocycles. The first-order valence-corrected chi connectivity index (χ1v) is 4.74. The summed E-state index contributed by atoms with van der Waals surface area (Å²) < 4.78 is 19.0. The van der Waals surface area contributed by atoms with E-state index in [9.17, 15) is 4.39 Å². The summed E-state index contributed by atoms with van der Waals surface area (Å²) in [6.45, 7) is 0. The Morgan fingerprint density at radius 1 is 1.50 bits per heavy atom. The lowest BCUT2D eigenvalue weighted by molar-refractivity contribution is 0.402. The van der Waals surface area contributed by atoms with Crippen LogP contribution >= 0.6 is 11.3 Å². The lowest BCUT2D eigenvalue weighted by Crippen LogP contribution is -1.80. The number of ether oxygens (including phenoxy) is 1. The van der Waals surface area contributed by atoms with E-state index in [1.807, 2.05) is 6.07 Å². The summed E-state index contributed by atoms with van der Waals surface area (Å²) in [7, 11) is 1.42. The van der Waals surface area contributed by atoms with Crippen LogP contribution in [0.5, 0.6) is 5.06 Å². The van der Waals surface area contributed by atoms with Crippen molar-refractivity contribution in [2.75, 3.05) is 7.11 Å². The molecule has 0 aliphatic rings. The minimum absolute atomic E-state index is 0.225. The smallest absolute Gasteiger partial charge is 0.211 e. The highest BCUT2D eigenvalue weighted by Crippen LogP contribution is 2.37. The van der Waals surface area contributed by atoms with Crippen LogP contribution in [0.4, 0.5) is 4.39 Å². The Kier molecular flexibility index (Phi) is 2.10. The molecule has 0 unspecified atom stereocenters. The van der Waals surface area contributed by atoms with Crippen molar-refractivity contribution < 1.29 is 9.13 Å². The minimum atomic E-state index is -0.385. The maximum Gasteiger partial charge on any atom is 0.211 e. The van der Waals surface area contributed by atoms with E-state index in [-0.39, 0.29) is 10.9 Å². The van der Waals surface area contributed by atoms with Gasteiger partial charge in [0.15, 0.2) is 5.82 Å². The van der Waals surface area contributed by atoms with Crippen LogP contribution in [0.3, 0.4) is 0 Å². The van der Waals surface area contributed by atoms with E-state index in [4.69, 9.17) is 10.00 Å². The molecule has 0 aliphatic heterocycles. The number of methoxy groups -OCH3 is 1. The Labute approximate surface area is 84.2 Å². The highest BCUT2D eigenvalue weighted by atomic mass is 32.1. The van der Waals surface area contributed by atoms with Crippen molar-refractivity contribution in [3.05, 3.63) is 29.6 Å². The molecule has 1 heterocycles.